The second-order valence-corrected chi connectivity index (χ2v) is 10.3. The number of carbonyl (C=O) groups excluding carboxylic acids is 2. The number of nitrogens with zero attached hydrogens (tertiary/aromatic N) is 4. The van der Waals surface area contributed by atoms with Crippen LogP contribution in [0.5, 0.6) is 0 Å². The standard InChI is InChI=1S/C32H26N4O2S/c37-30-26-18-7-14-24-15-8-19-27(29(24)26)31(38)35(30)21-9-20-28-33-34-32(36(28)25-16-5-2-6-17-25)39-22-10-13-23-11-3-1-4-12-23/h1-8,10-19H,9,20-22H2/b13-10+. The van der Waals surface area contributed by atoms with Gasteiger partial charge in [-0.15, -0.1) is 10.2 Å². The third kappa shape index (κ3) is 5.01. The van der Waals surface area contributed by atoms with Crippen molar-refractivity contribution in [2.24, 2.45) is 0 Å². The van der Waals surface area contributed by atoms with Crippen molar-refractivity contribution in [2.75, 3.05) is 12.3 Å². The molecule has 0 aliphatic carbocycles. The van der Waals surface area contributed by atoms with Gasteiger partial charge in [0.15, 0.2) is 5.16 Å². The van der Waals surface area contributed by atoms with Gasteiger partial charge in [0, 0.05) is 40.9 Å². The van der Waals surface area contributed by atoms with E-state index < -0.39 is 0 Å². The van der Waals surface area contributed by atoms with Crippen molar-refractivity contribution in [3.05, 3.63) is 126 Å². The molecule has 6 nitrogen and oxygen atoms in total. The summed E-state index contributed by atoms with van der Waals surface area (Å²) in [7, 11) is 0. The Kier molecular flexibility index (Phi) is 7.06. The van der Waals surface area contributed by atoms with Crippen molar-refractivity contribution in [1.82, 2.24) is 19.7 Å². The highest BCUT2D eigenvalue weighted by atomic mass is 32.2. The van der Waals surface area contributed by atoms with Gasteiger partial charge in [0.2, 0.25) is 0 Å². The molecule has 0 saturated heterocycles. The Labute approximate surface area is 231 Å². The number of aromatic nitrogens is 3. The van der Waals surface area contributed by atoms with Crippen LogP contribution in [0.3, 0.4) is 0 Å². The monoisotopic (exact) mass is 530 g/mol. The molecule has 192 valence electrons. The molecule has 2 amide bonds. The summed E-state index contributed by atoms with van der Waals surface area (Å²) in [4.78, 5) is 27.9. The van der Waals surface area contributed by atoms with Crippen LogP contribution in [0, 0.1) is 0 Å². The summed E-state index contributed by atoms with van der Waals surface area (Å²) >= 11 is 1.62. The average Bonchev–Trinajstić information content (AvgIpc) is 3.39. The first-order valence-electron chi connectivity index (χ1n) is 12.9. The molecule has 0 fully saturated rings. The molecule has 0 atom stereocenters. The predicted molar refractivity (Wildman–Crippen MR) is 155 cm³/mol. The Morgan fingerprint density at radius 2 is 1.41 bits per heavy atom. The van der Waals surface area contributed by atoms with Gasteiger partial charge in [0.25, 0.3) is 11.8 Å². The van der Waals surface area contributed by atoms with Gasteiger partial charge in [-0.2, -0.15) is 0 Å². The molecule has 0 unspecified atom stereocenters. The van der Waals surface area contributed by atoms with Gasteiger partial charge in [-0.1, -0.05) is 96.7 Å². The zero-order valence-corrected chi connectivity index (χ0v) is 22.1. The highest BCUT2D eigenvalue weighted by Gasteiger charge is 2.32. The highest BCUT2D eigenvalue weighted by Crippen LogP contribution is 2.30. The lowest BCUT2D eigenvalue weighted by atomic mass is 9.94. The Bertz CT molecular complexity index is 1630. The van der Waals surface area contributed by atoms with Crippen LogP contribution in [-0.2, 0) is 6.42 Å². The third-order valence-corrected chi connectivity index (χ3v) is 7.65. The number of benzene rings is 4. The van der Waals surface area contributed by atoms with E-state index in [-0.39, 0.29) is 11.8 Å². The maximum atomic E-state index is 13.3. The Balaban J connectivity index is 1.18. The van der Waals surface area contributed by atoms with E-state index in [4.69, 9.17) is 0 Å². The minimum atomic E-state index is -0.240. The number of amides is 2. The molecule has 1 aliphatic heterocycles. The molecule has 2 heterocycles. The fourth-order valence-corrected chi connectivity index (χ4v) is 5.72. The number of rotatable bonds is 9. The molecule has 0 radical (unpaired) electrons. The summed E-state index contributed by atoms with van der Waals surface area (Å²) in [6.07, 6.45) is 5.38. The van der Waals surface area contributed by atoms with Crippen LogP contribution < -0.4 is 0 Å². The van der Waals surface area contributed by atoms with Crippen LogP contribution >= 0.6 is 11.8 Å². The third-order valence-electron chi connectivity index (χ3n) is 6.77. The molecule has 1 aromatic heterocycles. The molecule has 7 heteroatoms. The molecule has 0 bridgehead atoms. The highest BCUT2D eigenvalue weighted by molar-refractivity contribution is 7.99. The molecule has 39 heavy (non-hydrogen) atoms. The number of carbonyl (C=O) groups is 2. The maximum absolute atomic E-state index is 13.3. The van der Waals surface area contributed by atoms with Crippen molar-refractivity contribution in [3.8, 4) is 5.69 Å². The Morgan fingerprint density at radius 1 is 0.744 bits per heavy atom. The maximum Gasteiger partial charge on any atom is 0.261 e. The van der Waals surface area contributed by atoms with E-state index >= 15 is 0 Å². The number of imide groups is 1. The molecule has 5 aromatic rings. The fourth-order valence-electron chi connectivity index (χ4n) is 4.94. The Hall–Kier alpha value is -4.49. The molecular formula is C32H26N4O2S. The van der Waals surface area contributed by atoms with Gasteiger partial charge in [-0.25, -0.2) is 0 Å². The van der Waals surface area contributed by atoms with Crippen molar-refractivity contribution >= 4 is 40.4 Å². The van der Waals surface area contributed by atoms with Gasteiger partial charge >= 0.3 is 0 Å². The van der Waals surface area contributed by atoms with Crippen LogP contribution in [0.1, 0.15) is 38.5 Å². The quantitative estimate of drug-likeness (QED) is 0.162. The van der Waals surface area contributed by atoms with E-state index in [1.807, 2.05) is 72.8 Å². The van der Waals surface area contributed by atoms with E-state index in [1.165, 1.54) is 4.90 Å². The summed E-state index contributed by atoms with van der Waals surface area (Å²) in [5.41, 5.74) is 3.30. The topological polar surface area (TPSA) is 68.1 Å². The van der Waals surface area contributed by atoms with Gasteiger partial charge in [0.05, 0.1) is 0 Å². The molecule has 1 aliphatic rings. The van der Waals surface area contributed by atoms with Crippen molar-refractivity contribution < 1.29 is 9.59 Å². The zero-order valence-electron chi connectivity index (χ0n) is 21.2. The van der Waals surface area contributed by atoms with Crippen LogP contribution in [0.15, 0.2) is 108 Å². The van der Waals surface area contributed by atoms with Crippen molar-refractivity contribution in [3.63, 3.8) is 0 Å². The van der Waals surface area contributed by atoms with Gasteiger partial charge in [-0.05, 0) is 41.6 Å². The lowest BCUT2D eigenvalue weighted by molar-refractivity contribution is 0.0608. The van der Waals surface area contributed by atoms with Gasteiger partial charge in [0.1, 0.15) is 5.82 Å². The van der Waals surface area contributed by atoms with E-state index in [0.717, 1.165) is 38.8 Å². The van der Waals surface area contributed by atoms with Crippen LogP contribution in [0.4, 0.5) is 0 Å². The SMILES string of the molecule is O=C1c2cccc3cccc(c23)C(=O)N1CCCc1nnc(SC/C=C/c2ccccc2)n1-c1ccccc1. The number of hydrogen-bond acceptors (Lipinski definition) is 5. The summed E-state index contributed by atoms with van der Waals surface area (Å²) < 4.78 is 2.07. The van der Waals surface area contributed by atoms with E-state index in [2.05, 4.69) is 39.0 Å². The second-order valence-electron chi connectivity index (χ2n) is 9.27. The van der Waals surface area contributed by atoms with Gasteiger partial charge in [-0.3, -0.25) is 19.1 Å². The molecule has 4 aromatic carbocycles. The molecule has 6 rings (SSSR count). The smallest absolute Gasteiger partial charge is 0.261 e. The minimum Gasteiger partial charge on any atom is -0.274 e. The minimum absolute atomic E-state index is 0.240. The fraction of sp³-hybridized carbons (Fsp3) is 0.125. The van der Waals surface area contributed by atoms with E-state index in [0.29, 0.717) is 30.5 Å². The first kappa shape index (κ1) is 24.8. The first-order valence-corrected chi connectivity index (χ1v) is 13.9. The van der Waals surface area contributed by atoms with Crippen molar-refractivity contribution in [2.45, 2.75) is 18.0 Å². The van der Waals surface area contributed by atoms with E-state index in [1.54, 1.807) is 23.9 Å². The lowest BCUT2D eigenvalue weighted by Gasteiger charge is -2.27. The molecule has 0 saturated carbocycles. The predicted octanol–water partition coefficient (Wildman–Crippen LogP) is 6.45. The summed E-state index contributed by atoms with van der Waals surface area (Å²) in [5, 5.41) is 11.4. The van der Waals surface area contributed by atoms with Crippen LogP contribution in [-0.4, -0.2) is 43.8 Å². The molecular weight excluding hydrogens is 504 g/mol. The van der Waals surface area contributed by atoms with Crippen LogP contribution in [0.25, 0.3) is 22.5 Å². The summed E-state index contributed by atoms with van der Waals surface area (Å²) in [5.74, 6) is 1.07. The molecule has 0 N–H and O–H groups in total. The number of para-hydroxylation sites is 1. The van der Waals surface area contributed by atoms with Gasteiger partial charge < -0.3 is 0 Å². The zero-order chi connectivity index (χ0) is 26.6. The average molecular weight is 531 g/mol. The van der Waals surface area contributed by atoms with Crippen LogP contribution in [0.2, 0.25) is 0 Å². The Morgan fingerprint density at radius 3 is 2.10 bits per heavy atom. The largest absolute Gasteiger partial charge is 0.274 e. The normalized spacial score (nSPS) is 13.1. The second kappa shape index (κ2) is 11.1. The van der Waals surface area contributed by atoms with E-state index in [9.17, 15) is 9.59 Å². The lowest BCUT2D eigenvalue weighted by Crippen LogP contribution is -2.41. The molecule has 0 spiro atoms. The first-order chi connectivity index (χ1) is 19.2. The van der Waals surface area contributed by atoms with Crippen molar-refractivity contribution in [1.29, 1.82) is 0 Å². The number of hydrogen-bond donors (Lipinski definition) is 0. The number of aryl methyl sites for hydroxylation is 1. The number of thioether (sulfide) groups is 1. The summed E-state index contributed by atoms with van der Waals surface area (Å²) in [6.45, 7) is 0.312. The summed E-state index contributed by atoms with van der Waals surface area (Å²) in [6, 6.07) is 31.4.